The Kier molecular flexibility index (Phi) is 7.06. The van der Waals surface area contributed by atoms with Gasteiger partial charge in [0.1, 0.15) is 0 Å². The molecule has 0 radical (unpaired) electrons. The molecule has 3 nitrogen and oxygen atoms in total. The van der Waals surface area contributed by atoms with E-state index in [9.17, 15) is 0 Å². The van der Waals surface area contributed by atoms with Crippen molar-refractivity contribution >= 4 is 5.96 Å². The second-order valence-electron chi connectivity index (χ2n) is 5.14. The minimum absolute atomic E-state index is 0.531. The van der Waals surface area contributed by atoms with Gasteiger partial charge in [-0.1, -0.05) is 32.6 Å². The molecule has 0 spiro atoms. The van der Waals surface area contributed by atoms with Gasteiger partial charge < -0.3 is 10.6 Å². The predicted octanol–water partition coefficient (Wildman–Crippen LogP) is 3.06. The highest BCUT2D eigenvalue weighted by molar-refractivity contribution is 5.80. The summed E-state index contributed by atoms with van der Waals surface area (Å²) in [6.07, 6.45) is 9.21. The number of rotatable bonds is 8. The van der Waals surface area contributed by atoms with Crippen LogP contribution in [0.25, 0.3) is 0 Å². The molecule has 1 fully saturated rings. The lowest BCUT2D eigenvalue weighted by atomic mass is 10.1. The fraction of sp³-hybridized carbons (Fsp3) is 0.929. The van der Waals surface area contributed by atoms with Gasteiger partial charge in [-0.25, -0.2) is 0 Å². The number of aliphatic imine (C=N–C) groups is 1. The molecule has 1 saturated carbocycles. The molecule has 1 unspecified atom stereocenters. The SMILES string of the molecule is CCCCCCC(C)NC(=NCC)NC1CC1. The monoisotopic (exact) mass is 239 g/mol. The lowest BCUT2D eigenvalue weighted by molar-refractivity contribution is 0.536. The van der Waals surface area contributed by atoms with Gasteiger partial charge in [-0.2, -0.15) is 0 Å². The zero-order chi connectivity index (χ0) is 12.5. The second-order valence-corrected chi connectivity index (χ2v) is 5.14. The molecule has 1 aliphatic carbocycles. The Bertz CT molecular complexity index is 222. The van der Waals surface area contributed by atoms with Crippen molar-refractivity contribution in [1.29, 1.82) is 0 Å². The van der Waals surface area contributed by atoms with E-state index in [2.05, 4.69) is 36.4 Å². The van der Waals surface area contributed by atoms with Gasteiger partial charge in [0.05, 0.1) is 0 Å². The summed E-state index contributed by atoms with van der Waals surface area (Å²) in [7, 11) is 0. The minimum atomic E-state index is 0.531. The van der Waals surface area contributed by atoms with E-state index in [-0.39, 0.29) is 0 Å². The molecule has 100 valence electrons. The van der Waals surface area contributed by atoms with Crippen molar-refractivity contribution < 1.29 is 0 Å². The van der Waals surface area contributed by atoms with Gasteiger partial charge in [0.25, 0.3) is 0 Å². The average molecular weight is 239 g/mol. The fourth-order valence-corrected chi connectivity index (χ4v) is 1.89. The lowest BCUT2D eigenvalue weighted by Crippen LogP contribution is -2.43. The number of hydrogen-bond donors (Lipinski definition) is 2. The fourth-order valence-electron chi connectivity index (χ4n) is 1.89. The van der Waals surface area contributed by atoms with Gasteiger partial charge in [0.15, 0.2) is 5.96 Å². The largest absolute Gasteiger partial charge is 0.354 e. The van der Waals surface area contributed by atoms with Gasteiger partial charge in [0.2, 0.25) is 0 Å². The van der Waals surface area contributed by atoms with E-state index in [1.54, 1.807) is 0 Å². The van der Waals surface area contributed by atoms with Crippen LogP contribution in [0.1, 0.15) is 65.7 Å². The molecule has 0 aliphatic heterocycles. The summed E-state index contributed by atoms with van der Waals surface area (Å²) >= 11 is 0. The molecule has 0 aromatic heterocycles. The van der Waals surface area contributed by atoms with Crippen molar-refractivity contribution in [3.05, 3.63) is 0 Å². The van der Waals surface area contributed by atoms with E-state index in [0.717, 1.165) is 12.5 Å². The summed E-state index contributed by atoms with van der Waals surface area (Å²) in [6, 6.07) is 1.21. The summed E-state index contributed by atoms with van der Waals surface area (Å²) in [6.45, 7) is 7.45. The van der Waals surface area contributed by atoms with E-state index >= 15 is 0 Å². The van der Waals surface area contributed by atoms with Gasteiger partial charge >= 0.3 is 0 Å². The van der Waals surface area contributed by atoms with Crippen molar-refractivity contribution in [2.75, 3.05) is 6.54 Å². The van der Waals surface area contributed by atoms with Gasteiger partial charge in [-0.05, 0) is 33.1 Å². The average Bonchev–Trinajstić information content (AvgIpc) is 3.08. The maximum absolute atomic E-state index is 4.48. The molecule has 0 saturated heterocycles. The highest BCUT2D eigenvalue weighted by Crippen LogP contribution is 2.18. The van der Waals surface area contributed by atoms with Crippen molar-refractivity contribution in [3.8, 4) is 0 Å². The topological polar surface area (TPSA) is 36.4 Å². The standard InChI is InChI=1S/C14H29N3/c1-4-6-7-8-9-12(3)16-14(15-5-2)17-13-10-11-13/h12-13H,4-11H2,1-3H3,(H2,15,16,17). The first kappa shape index (κ1) is 14.3. The first-order valence-electron chi connectivity index (χ1n) is 7.33. The molecule has 1 atom stereocenters. The Morgan fingerprint density at radius 3 is 2.59 bits per heavy atom. The van der Waals surface area contributed by atoms with E-state index in [1.165, 1.54) is 44.9 Å². The van der Waals surface area contributed by atoms with Gasteiger partial charge in [-0.15, -0.1) is 0 Å². The Morgan fingerprint density at radius 1 is 1.24 bits per heavy atom. The summed E-state index contributed by atoms with van der Waals surface area (Å²) in [5, 5.41) is 6.97. The molecule has 0 bridgehead atoms. The molecule has 1 rings (SSSR count). The highest BCUT2D eigenvalue weighted by atomic mass is 15.2. The lowest BCUT2D eigenvalue weighted by Gasteiger charge is -2.18. The van der Waals surface area contributed by atoms with Crippen LogP contribution in [0.3, 0.4) is 0 Å². The highest BCUT2D eigenvalue weighted by Gasteiger charge is 2.22. The van der Waals surface area contributed by atoms with Crippen LogP contribution in [0, 0.1) is 0 Å². The third kappa shape index (κ3) is 7.24. The first-order chi connectivity index (χ1) is 8.26. The molecular weight excluding hydrogens is 210 g/mol. The van der Waals surface area contributed by atoms with E-state index in [4.69, 9.17) is 0 Å². The van der Waals surface area contributed by atoms with Crippen LogP contribution in [0.2, 0.25) is 0 Å². The van der Waals surface area contributed by atoms with Crippen LogP contribution in [-0.2, 0) is 0 Å². The molecule has 1 aliphatic rings. The normalized spacial score (nSPS) is 17.9. The molecule has 3 heteroatoms. The maximum Gasteiger partial charge on any atom is 0.191 e. The van der Waals surface area contributed by atoms with Crippen molar-refractivity contribution in [2.45, 2.75) is 77.8 Å². The molecule has 2 N–H and O–H groups in total. The van der Waals surface area contributed by atoms with Crippen LogP contribution >= 0.6 is 0 Å². The first-order valence-corrected chi connectivity index (χ1v) is 7.33. The second kappa shape index (κ2) is 8.37. The molecule has 0 aromatic carbocycles. The molecule has 0 amide bonds. The molecule has 0 heterocycles. The summed E-state index contributed by atoms with van der Waals surface area (Å²) in [5.41, 5.74) is 0. The van der Waals surface area contributed by atoms with Crippen LogP contribution in [-0.4, -0.2) is 24.6 Å². The number of nitrogens with one attached hydrogen (secondary N) is 2. The maximum atomic E-state index is 4.48. The van der Waals surface area contributed by atoms with Crippen LogP contribution in [0.4, 0.5) is 0 Å². The number of unbranched alkanes of at least 4 members (excludes halogenated alkanes) is 3. The smallest absolute Gasteiger partial charge is 0.191 e. The van der Waals surface area contributed by atoms with Crippen LogP contribution in [0.5, 0.6) is 0 Å². The van der Waals surface area contributed by atoms with Crippen molar-refractivity contribution in [1.82, 2.24) is 10.6 Å². The Balaban J connectivity index is 2.16. The molecule has 17 heavy (non-hydrogen) atoms. The van der Waals surface area contributed by atoms with Crippen LogP contribution in [0.15, 0.2) is 4.99 Å². The molecule has 0 aromatic rings. The van der Waals surface area contributed by atoms with Crippen molar-refractivity contribution in [3.63, 3.8) is 0 Å². The van der Waals surface area contributed by atoms with Crippen LogP contribution < -0.4 is 10.6 Å². The number of nitrogens with zero attached hydrogens (tertiary/aromatic N) is 1. The zero-order valence-corrected chi connectivity index (χ0v) is 11.8. The third-order valence-corrected chi connectivity index (χ3v) is 3.11. The van der Waals surface area contributed by atoms with E-state index < -0.39 is 0 Å². The minimum Gasteiger partial charge on any atom is -0.354 e. The third-order valence-electron chi connectivity index (χ3n) is 3.11. The van der Waals surface area contributed by atoms with Gasteiger partial charge in [0, 0.05) is 18.6 Å². The summed E-state index contributed by atoms with van der Waals surface area (Å²) in [4.78, 5) is 4.48. The summed E-state index contributed by atoms with van der Waals surface area (Å²) < 4.78 is 0. The number of hydrogen-bond acceptors (Lipinski definition) is 1. The Hall–Kier alpha value is -0.730. The van der Waals surface area contributed by atoms with Gasteiger partial charge in [-0.3, -0.25) is 4.99 Å². The van der Waals surface area contributed by atoms with E-state index in [0.29, 0.717) is 12.1 Å². The summed E-state index contributed by atoms with van der Waals surface area (Å²) in [5.74, 6) is 1.01. The van der Waals surface area contributed by atoms with E-state index in [1.807, 2.05) is 0 Å². The quantitative estimate of drug-likeness (QED) is 0.388. The predicted molar refractivity (Wildman–Crippen MR) is 75.5 cm³/mol. The molecular formula is C14H29N3. The Labute approximate surface area is 106 Å². The number of guanidine groups is 1. The zero-order valence-electron chi connectivity index (χ0n) is 11.8. The Morgan fingerprint density at radius 2 is 2.00 bits per heavy atom. The van der Waals surface area contributed by atoms with Crippen molar-refractivity contribution in [2.24, 2.45) is 4.99 Å².